The van der Waals surface area contributed by atoms with Crippen LogP contribution in [0.5, 0.6) is 5.75 Å². The monoisotopic (exact) mass is 512 g/mol. The third-order valence-corrected chi connectivity index (χ3v) is 6.28. The summed E-state index contributed by atoms with van der Waals surface area (Å²) in [5.74, 6) is -1.55. The Morgan fingerprint density at radius 2 is 1.95 bits per heavy atom. The molecule has 4 rings (SSSR count). The number of unbranched alkanes of at least 4 members (excludes halogenated alkanes) is 1. The van der Waals surface area contributed by atoms with Gasteiger partial charge in [-0.05, 0) is 61.4 Å². The number of ether oxygens (including phenoxy) is 1. The molecule has 1 atom stereocenters. The highest BCUT2D eigenvalue weighted by Gasteiger charge is 2.25. The molecule has 1 aromatic carbocycles. The lowest BCUT2D eigenvalue weighted by molar-refractivity contribution is 0.0854. The minimum atomic E-state index is -1.13. The quantitative estimate of drug-likeness (QED) is 0.306. The van der Waals surface area contributed by atoms with Crippen molar-refractivity contribution in [3.63, 3.8) is 0 Å². The van der Waals surface area contributed by atoms with E-state index >= 15 is 0 Å². The average Bonchev–Trinajstić information content (AvgIpc) is 3.39. The summed E-state index contributed by atoms with van der Waals surface area (Å²) in [6.07, 6.45) is 3.31. The van der Waals surface area contributed by atoms with Gasteiger partial charge in [0.05, 0.1) is 11.6 Å². The van der Waals surface area contributed by atoms with E-state index in [0.717, 1.165) is 24.0 Å². The first-order chi connectivity index (χ1) is 17.8. The summed E-state index contributed by atoms with van der Waals surface area (Å²) < 4.78 is 20.2. The standard InChI is InChI=1S/C26H29FN4O6/c27-18-7-5-16(6-8-18)12-17-13-20-22(29-14-17)23(32)21(24(33)30-15-19-4-3-11-37-19)25(34)31(20)10-2-1-9-28-26(35)36/h5-8,13-14,19,28,32H,1-4,9-12,15H2,(H,30,33)(H,35,36). The normalized spacial score (nSPS) is 15.1. The molecule has 4 N–H and O–H groups in total. The number of carbonyl (C=O) groups is 2. The molecule has 0 aliphatic carbocycles. The van der Waals surface area contributed by atoms with Crippen LogP contribution >= 0.6 is 0 Å². The molecule has 0 bridgehead atoms. The molecule has 3 aromatic rings. The van der Waals surface area contributed by atoms with Crippen molar-refractivity contribution in [3.8, 4) is 5.75 Å². The summed E-state index contributed by atoms with van der Waals surface area (Å²) >= 11 is 0. The van der Waals surface area contributed by atoms with E-state index in [1.54, 1.807) is 24.4 Å². The van der Waals surface area contributed by atoms with Gasteiger partial charge in [0.15, 0.2) is 5.75 Å². The number of aryl methyl sites for hydroxylation is 1. The molecule has 1 unspecified atom stereocenters. The third kappa shape index (κ3) is 6.42. The molecule has 2 amide bonds. The first-order valence-electron chi connectivity index (χ1n) is 12.2. The minimum absolute atomic E-state index is 0.105. The highest BCUT2D eigenvalue weighted by atomic mass is 19.1. The van der Waals surface area contributed by atoms with Crippen LogP contribution in [0.1, 0.15) is 47.2 Å². The number of rotatable bonds is 10. The summed E-state index contributed by atoms with van der Waals surface area (Å²) in [5, 5.41) is 24.6. The Morgan fingerprint density at radius 3 is 2.65 bits per heavy atom. The molecular weight excluding hydrogens is 483 g/mol. The molecule has 0 radical (unpaired) electrons. The summed E-state index contributed by atoms with van der Waals surface area (Å²) in [7, 11) is 0. The molecule has 1 aliphatic rings. The van der Waals surface area contributed by atoms with Crippen molar-refractivity contribution in [2.24, 2.45) is 0 Å². The van der Waals surface area contributed by atoms with Crippen LogP contribution in [-0.2, 0) is 17.7 Å². The van der Waals surface area contributed by atoms with Gasteiger partial charge in [-0.1, -0.05) is 12.1 Å². The van der Waals surface area contributed by atoms with E-state index in [9.17, 15) is 23.9 Å². The first-order valence-corrected chi connectivity index (χ1v) is 12.2. The maximum atomic E-state index is 13.5. The van der Waals surface area contributed by atoms with Crippen LogP contribution < -0.4 is 16.2 Å². The molecule has 1 aliphatic heterocycles. The lowest BCUT2D eigenvalue weighted by atomic mass is 10.0. The number of hydrogen-bond acceptors (Lipinski definition) is 6. The number of nitrogens with one attached hydrogen (secondary N) is 2. The fourth-order valence-corrected chi connectivity index (χ4v) is 4.40. The van der Waals surface area contributed by atoms with Gasteiger partial charge < -0.3 is 30.2 Å². The van der Waals surface area contributed by atoms with Crippen molar-refractivity contribution in [2.45, 2.75) is 44.8 Å². The number of fused-ring (bicyclic) bond motifs is 1. The number of benzene rings is 1. The van der Waals surface area contributed by atoms with E-state index in [-0.39, 0.29) is 37.1 Å². The maximum absolute atomic E-state index is 13.5. The Balaban J connectivity index is 1.66. The number of carboxylic acid groups (broad SMARTS) is 1. The summed E-state index contributed by atoms with van der Waals surface area (Å²) in [6, 6.07) is 7.74. The highest BCUT2D eigenvalue weighted by Crippen LogP contribution is 2.26. The van der Waals surface area contributed by atoms with E-state index in [1.165, 1.54) is 16.7 Å². The molecule has 3 heterocycles. The molecule has 1 fully saturated rings. The summed E-state index contributed by atoms with van der Waals surface area (Å²) in [5.41, 5.74) is 0.965. The van der Waals surface area contributed by atoms with Crippen molar-refractivity contribution in [2.75, 3.05) is 19.7 Å². The Kier molecular flexibility index (Phi) is 8.34. The van der Waals surface area contributed by atoms with Crippen molar-refractivity contribution in [3.05, 3.63) is 69.4 Å². The van der Waals surface area contributed by atoms with Crippen LogP contribution in [-0.4, -0.2) is 57.6 Å². The van der Waals surface area contributed by atoms with Gasteiger partial charge in [0.1, 0.15) is 16.9 Å². The van der Waals surface area contributed by atoms with E-state index in [2.05, 4.69) is 15.6 Å². The second kappa shape index (κ2) is 11.8. The Labute approximate surface area is 212 Å². The van der Waals surface area contributed by atoms with Gasteiger partial charge in [0, 0.05) is 32.4 Å². The number of carbonyl (C=O) groups excluding carboxylic acids is 1. The largest absolute Gasteiger partial charge is 0.505 e. The summed E-state index contributed by atoms with van der Waals surface area (Å²) in [4.78, 5) is 41.5. The van der Waals surface area contributed by atoms with E-state index < -0.39 is 28.9 Å². The van der Waals surface area contributed by atoms with Crippen molar-refractivity contribution >= 4 is 23.0 Å². The highest BCUT2D eigenvalue weighted by molar-refractivity contribution is 6.01. The topological polar surface area (TPSA) is 143 Å². The van der Waals surface area contributed by atoms with Crippen LogP contribution in [0.3, 0.4) is 0 Å². The van der Waals surface area contributed by atoms with Crippen LogP contribution in [0.4, 0.5) is 9.18 Å². The summed E-state index contributed by atoms with van der Waals surface area (Å²) in [6.45, 7) is 1.24. The Bertz CT molecular complexity index is 1340. The van der Waals surface area contributed by atoms with Crippen LogP contribution in [0, 0.1) is 5.82 Å². The van der Waals surface area contributed by atoms with E-state index in [4.69, 9.17) is 9.84 Å². The van der Waals surface area contributed by atoms with Gasteiger partial charge in [-0.25, -0.2) is 9.18 Å². The number of hydrogen-bond donors (Lipinski definition) is 4. The molecule has 0 saturated carbocycles. The number of nitrogens with zero attached hydrogens (tertiary/aromatic N) is 2. The molecule has 1 saturated heterocycles. The SMILES string of the molecule is O=C(O)NCCCCn1c(=O)c(C(=O)NCC2CCCO2)c(O)c2ncc(Cc3ccc(F)cc3)cc21. The maximum Gasteiger partial charge on any atom is 0.404 e. The third-order valence-electron chi connectivity index (χ3n) is 6.28. The molecule has 37 heavy (non-hydrogen) atoms. The predicted molar refractivity (Wildman–Crippen MR) is 133 cm³/mol. The molecule has 0 spiro atoms. The van der Waals surface area contributed by atoms with Gasteiger partial charge in [0.2, 0.25) is 0 Å². The fraction of sp³-hybridized carbons (Fsp3) is 0.385. The van der Waals surface area contributed by atoms with Crippen LogP contribution in [0.25, 0.3) is 11.0 Å². The van der Waals surface area contributed by atoms with Gasteiger partial charge in [0.25, 0.3) is 11.5 Å². The van der Waals surface area contributed by atoms with E-state index in [1.807, 2.05) is 0 Å². The zero-order chi connectivity index (χ0) is 26.4. The van der Waals surface area contributed by atoms with Crippen LogP contribution in [0.15, 0.2) is 41.3 Å². The molecular formula is C26H29FN4O6. The van der Waals surface area contributed by atoms with Gasteiger partial charge in [-0.3, -0.25) is 14.6 Å². The first kappa shape index (κ1) is 26.1. The van der Waals surface area contributed by atoms with E-state index in [0.29, 0.717) is 31.4 Å². The molecule has 196 valence electrons. The minimum Gasteiger partial charge on any atom is -0.505 e. The number of amides is 2. The number of halogens is 1. The zero-order valence-electron chi connectivity index (χ0n) is 20.2. The van der Waals surface area contributed by atoms with Crippen molar-refractivity contribution in [1.82, 2.24) is 20.2 Å². The van der Waals surface area contributed by atoms with Crippen molar-refractivity contribution < 1.29 is 28.9 Å². The Morgan fingerprint density at radius 1 is 1.16 bits per heavy atom. The van der Waals surface area contributed by atoms with Gasteiger partial charge in [-0.15, -0.1) is 0 Å². The van der Waals surface area contributed by atoms with Gasteiger partial charge in [-0.2, -0.15) is 0 Å². The Hall–Kier alpha value is -3.99. The lowest BCUT2D eigenvalue weighted by Crippen LogP contribution is -2.37. The average molecular weight is 513 g/mol. The second-order valence-electron chi connectivity index (χ2n) is 8.98. The van der Waals surface area contributed by atoms with Gasteiger partial charge >= 0.3 is 6.09 Å². The van der Waals surface area contributed by atoms with Crippen molar-refractivity contribution in [1.29, 1.82) is 0 Å². The molecule has 2 aromatic heterocycles. The zero-order valence-corrected chi connectivity index (χ0v) is 20.2. The lowest BCUT2D eigenvalue weighted by Gasteiger charge is -2.16. The predicted octanol–water partition coefficient (Wildman–Crippen LogP) is 2.79. The number of pyridine rings is 2. The molecule has 11 heteroatoms. The van der Waals surface area contributed by atoms with Crippen LogP contribution in [0.2, 0.25) is 0 Å². The molecule has 10 nitrogen and oxygen atoms in total. The number of aromatic nitrogens is 2. The second-order valence-corrected chi connectivity index (χ2v) is 8.98. The fourth-order valence-electron chi connectivity index (χ4n) is 4.40. The number of aromatic hydroxyl groups is 1. The smallest absolute Gasteiger partial charge is 0.404 e.